The molecule has 1 aromatic heterocycles. The number of aliphatic imine (C=N–C) groups is 1. The molecular weight excluding hydrogens is 546 g/mol. The molecule has 1 aliphatic heterocycles. The van der Waals surface area contributed by atoms with Crippen molar-refractivity contribution in [1.29, 1.82) is 0 Å². The molecule has 2 N–H and O–H groups in total. The zero-order valence-corrected chi connectivity index (χ0v) is 21.2. The monoisotopic (exact) mass is 576 g/mol. The minimum absolute atomic E-state index is 0. The van der Waals surface area contributed by atoms with Crippen LogP contribution < -0.4 is 15.5 Å². The van der Waals surface area contributed by atoms with Gasteiger partial charge in [-0.3, -0.25) is 4.99 Å². The molecule has 0 spiro atoms. The van der Waals surface area contributed by atoms with Gasteiger partial charge >= 0.3 is 0 Å². The molecule has 0 radical (unpaired) electrons. The van der Waals surface area contributed by atoms with Crippen molar-refractivity contribution >= 4 is 45.8 Å². The summed E-state index contributed by atoms with van der Waals surface area (Å²) in [5, 5.41) is 6.19. The van der Waals surface area contributed by atoms with Gasteiger partial charge in [0.2, 0.25) is 10.0 Å². The number of sulfonamides is 1. The van der Waals surface area contributed by atoms with Gasteiger partial charge < -0.3 is 15.5 Å². The Morgan fingerprint density at radius 2 is 1.75 bits per heavy atom. The summed E-state index contributed by atoms with van der Waals surface area (Å²) in [4.78, 5) is 10.5. The number of rotatable bonds is 8. The molecule has 8 nitrogen and oxygen atoms in total. The van der Waals surface area contributed by atoms with E-state index in [9.17, 15) is 12.8 Å². The van der Waals surface area contributed by atoms with E-state index in [4.69, 9.17) is 0 Å². The largest absolute Gasteiger partial charge is 0.356 e. The van der Waals surface area contributed by atoms with Crippen LogP contribution in [-0.2, 0) is 16.4 Å². The number of pyridine rings is 1. The van der Waals surface area contributed by atoms with Gasteiger partial charge in [0.05, 0.1) is 5.75 Å². The Kier molecular flexibility index (Phi) is 10.6. The third-order valence-corrected chi connectivity index (χ3v) is 6.97. The number of halogens is 2. The fraction of sp³-hybridized carbons (Fsp3) is 0.429. The third-order valence-electron chi connectivity index (χ3n) is 5.10. The van der Waals surface area contributed by atoms with E-state index >= 15 is 0 Å². The molecule has 1 saturated heterocycles. The molecule has 0 atom stereocenters. The zero-order chi connectivity index (χ0) is 22.1. The average Bonchev–Trinajstić information content (AvgIpc) is 2.80. The minimum Gasteiger partial charge on any atom is -0.356 e. The second-order valence-electron chi connectivity index (χ2n) is 7.19. The van der Waals surface area contributed by atoms with Crippen molar-refractivity contribution in [3.05, 3.63) is 60.0 Å². The molecule has 176 valence electrons. The summed E-state index contributed by atoms with van der Waals surface area (Å²) < 4.78 is 39.9. The molecule has 1 aliphatic rings. The average molecular weight is 576 g/mol. The predicted octanol–water partition coefficient (Wildman–Crippen LogP) is 1.70. The summed E-state index contributed by atoms with van der Waals surface area (Å²) in [6.07, 6.45) is 2.45. The Labute approximate surface area is 206 Å². The first-order chi connectivity index (χ1) is 15.0. The molecule has 0 aliphatic carbocycles. The highest BCUT2D eigenvalue weighted by Crippen LogP contribution is 2.14. The second kappa shape index (κ2) is 12.9. The molecule has 0 unspecified atom stereocenters. The zero-order valence-electron chi connectivity index (χ0n) is 18.1. The SMILES string of the molecule is CN=C(NCCc1ccc(F)cc1)NCCS(=O)(=O)N1CCN(c2ccccn2)CC1.I. The molecule has 3 rings (SSSR count). The molecular formula is C21H30FIN6O2S. The molecule has 0 amide bonds. The van der Waals surface area contributed by atoms with Crippen molar-refractivity contribution in [3.8, 4) is 0 Å². The van der Waals surface area contributed by atoms with Gasteiger partial charge in [-0.25, -0.2) is 17.8 Å². The van der Waals surface area contributed by atoms with Crippen LogP contribution in [0.1, 0.15) is 5.56 Å². The number of hydrogen-bond donors (Lipinski definition) is 2. The summed E-state index contributed by atoms with van der Waals surface area (Å²) in [6.45, 7) is 3.01. The van der Waals surface area contributed by atoms with Gasteiger partial charge in [-0.1, -0.05) is 18.2 Å². The highest BCUT2D eigenvalue weighted by atomic mass is 127. The van der Waals surface area contributed by atoms with E-state index in [-0.39, 0.29) is 42.1 Å². The van der Waals surface area contributed by atoms with E-state index < -0.39 is 10.0 Å². The van der Waals surface area contributed by atoms with E-state index in [1.807, 2.05) is 18.2 Å². The maximum absolute atomic E-state index is 13.0. The molecule has 2 heterocycles. The van der Waals surface area contributed by atoms with Gasteiger partial charge in [-0.2, -0.15) is 4.31 Å². The van der Waals surface area contributed by atoms with Crippen LogP contribution in [0.2, 0.25) is 0 Å². The van der Waals surface area contributed by atoms with Gasteiger partial charge in [-0.15, -0.1) is 24.0 Å². The van der Waals surface area contributed by atoms with Gasteiger partial charge in [-0.05, 0) is 36.2 Å². The maximum Gasteiger partial charge on any atom is 0.215 e. The number of aromatic nitrogens is 1. The molecule has 1 fully saturated rings. The maximum atomic E-state index is 13.0. The Bertz CT molecular complexity index is 952. The van der Waals surface area contributed by atoms with E-state index in [1.54, 1.807) is 29.7 Å². The molecule has 0 bridgehead atoms. The lowest BCUT2D eigenvalue weighted by Gasteiger charge is -2.34. The van der Waals surface area contributed by atoms with Crippen LogP contribution in [0, 0.1) is 5.82 Å². The van der Waals surface area contributed by atoms with Crippen LogP contribution in [-0.4, -0.2) is 75.7 Å². The quantitative estimate of drug-likeness (QED) is 0.283. The van der Waals surface area contributed by atoms with Gasteiger partial charge in [0.1, 0.15) is 11.6 Å². The number of guanidine groups is 1. The second-order valence-corrected chi connectivity index (χ2v) is 9.28. The van der Waals surface area contributed by atoms with Crippen LogP contribution in [0.3, 0.4) is 0 Å². The van der Waals surface area contributed by atoms with Crippen molar-refractivity contribution in [2.24, 2.45) is 4.99 Å². The predicted molar refractivity (Wildman–Crippen MR) is 137 cm³/mol. The molecule has 0 saturated carbocycles. The summed E-state index contributed by atoms with van der Waals surface area (Å²) in [5.74, 6) is 1.15. The summed E-state index contributed by atoms with van der Waals surface area (Å²) in [7, 11) is -1.72. The van der Waals surface area contributed by atoms with Crippen LogP contribution in [0.5, 0.6) is 0 Å². The first-order valence-corrected chi connectivity index (χ1v) is 11.9. The van der Waals surface area contributed by atoms with Gasteiger partial charge in [0.25, 0.3) is 0 Å². The van der Waals surface area contributed by atoms with Crippen molar-refractivity contribution < 1.29 is 12.8 Å². The van der Waals surface area contributed by atoms with E-state index in [0.29, 0.717) is 45.1 Å². The Balaban J connectivity index is 0.00000363. The van der Waals surface area contributed by atoms with Crippen LogP contribution >= 0.6 is 24.0 Å². The lowest BCUT2D eigenvalue weighted by Crippen LogP contribution is -2.50. The topological polar surface area (TPSA) is 89.9 Å². The van der Waals surface area contributed by atoms with E-state index in [0.717, 1.165) is 11.4 Å². The van der Waals surface area contributed by atoms with E-state index in [2.05, 4.69) is 25.5 Å². The van der Waals surface area contributed by atoms with Crippen LogP contribution in [0.25, 0.3) is 0 Å². The minimum atomic E-state index is -3.35. The van der Waals surface area contributed by atoms with E-state index in [1.165, 1.54) is 12.1 Å². The Morgan fingerprint density at radius 1 is 1.06 bits per heavy atom. The van der Waals surface area contributed by atoms with Crippen molar-refractivity contribution in [2.75, 3.05) is 57.0 Å². The summed E-state index contributed by atoms with van der Waals surface area (Å²) >= 11 is 0. The Hall–Kier alpha value is -1.99. The molecule has 32 heavy (non-hydrogen) atoms. The lowest BCUT2D eigenvalue weighted by atomic mass is 10.1. The lowest BCUT2D eigenvalue weighted by molar-refractivity contribution is 0.384. The number of nitrogens with zero attached hydrogens (tertiary/aromatic N) is 4. The third kappa shape index (κ3) is 7.85. The highest BCUT2D eigenvalue weighted by molar-refractivity contribution is 14.0. The fourth-order valence-corrected chi connectivity index (χ4v) is 4.70. The molecule has 11 heteroatoms. The summed E-state index contributed by atoms with van der Waals surface area (Å²) in [6, 6.07) is 12.1. The smallest absolute Gasteiger partial charge is 0.215 e. The van der Waals surface area contributed by atoms with Crippen LogP contribution in [0.4, 0.5) is 10.2 Å². The fourth-order valence-electron chi connectivity index (χ4n) is 3.36. The van der Waals surface area contributed by atoms with Crippen molar-refractivity contribution in [1.82, 2.24) is 19.9 Å². The van der Waals surface area contributed by atoms with Gasteiger partial charge in [0.15, 0.2) is 5.96 Å². The first-order valence-electron chi connectivity index (χ1n) is 10.3. The highest BCUT2D eigenvalue weighted by Gasteiger charge is 2.27. The van der Waals surface area contributed by atoms with Gasteiger partial charge in [0, 0.05) is 52.5 Å². The first kappa shape index (κ1) is 26.3. The molecule has 2 aromatic rings. The van der Waals surface area contributed by atoms with Crippen LogP contribution in [0.15, 0.2) is 53.7 Å². The normalized spacial score (nSPS) is 15.2. The number of piperazine rings is 1. The standard InChI is InChI=1S/C21H29FN6O2S.HI/c1-23-21(25-11-9-18-5-7-19(22)8-6-18)26-12-17-31(29,30)28-15-13-27(14-16-28)20-4-2-3-10-24-20;/h2-8,10H,9,11-17H2,1H3,(H2,23,25,26);1H. The number of anilines is 1. The van der Waals surface area contributed by atoms with Crippen molar-refractivity contribution in [3.63, 3.8) is 0 Å². The number of benzene rings is 1. The Morgan fingerprint density at radius 3 is 2.38 bits per heavy atom. The van der Waals surface area contributed by atoms with Crippen molar-refractivity contribution in [2.45, 2.75) is 6.42 Å². The number of hydrogen-bond acceptors (Lipinski definition) is 5. The number of nitrogens with one attached hydrogen (secondary N) is 2. The summed E-state index contributed by atoms with van der Waals surface area (Å²) in [5.41, 5.74) is 1.01. The molecule has 1 aromatic carbocycles.